The van der Waals surface area contributed by atoms with Crippen LogP contribution in [0.4, 0.5) is 0 Å². The summed E-state index contributed by atoms with van der Waals surface area (Å²) in [6, 6.07) is 44.0. The number of benzene rings is 4. The lowest BCUT2D eigenvalue weighted by Crippen LogP contribution is -2.37. The second-order valence-electron chi connectivity index (χ2n) is 11.0. The largest absolute Gasteiger partial charge is 0.306 e. The van der Waals surface area contributed by atoms with Crippen molar-refractivity contribution in [3.63, 3.8) is 0 Å². The highest BCUT2D eigenvalue weighted by molar-refractivity contribution is 7.98. The molecule has 0 amide bonds. The van der Waals surface area contributed by atoms with Gasteiger partial charge in [-0.3, -0.25) is 0 Å². The SMILES string of the molecule is [B-][P+](C)(C([C@H](C)c1ccccc1)[C@H](C)c1ccccc1)C([C@H](C)c1ccccc1)[C@H](C)c1ccccc1. The molecule has 4 atom stereocenters. The standard InChI is InChI=1S/C35H41BP/c1-26(30-18-10-6-11-19-30)34(27(2)31-20-12-7-13-21-31)37(5,36)35(28(3)32-22-14-8-15-23-32)29(4)33-24-16-9-17-25-33/h6-29,34-35H,1-5H3/t26-,27-,28-,29-/m1/s1. The second-order valence-corrected chi connectivity index (χ2v) is 14.6. The molecule has 0 heterocycles. The first-order valence-electron chi connectivity index (χ1n) is 13.7. The first-order valence-corrected chi connectivity index (χ1v) is 16.1. The lowest BCUT2D eigenvalue weighted by Gasteiger charge is -2.55. The van der Waals surface area contributed by atoms with Gasteiger partial charge in [0.25, 0.3) is 0 Å². The molecule has 0 spiro atoms. The molecule has 189 valence electrons. The lowest BCUT2D eigenvalue weighted by molar-refractivity contribution is 0.559. The zero-order chi connectivity index (χ0) is 26.4. The molecule has 0 aliphatic carbocycles. The summed E-state index contributed by atoms with van der Waals surface area (Å²) in [7, 11) is 5.82. The van der Waals surface area contributed by atoms with Crippen molar-refractivity contribution in [3.8, 4) is 0 Å². The van der Waals surface area contributed by atoms with E-state index in [0.717, 1.165) is 0 Å². The van der Waals surface area contributed by atoms with Crippen LogP contribution in [-0.4, -0.2) is 25.5 Å². The maximum Gasteiger partial charge on any atom is 0.0354 e. The van der Waals surface area contributed by atoms with Gasteiger partial charge in [-0.05, 0) is 22.3 Å². The van der Waals surface area contributed by atoms with Crippen LogP contribution in [0.2, 0.25) is 0 Å². The van der Waals surface area contributed by atoms with Gasteiger partial charge in [-0.2, -0.15) is 0 Å². The van der Waals surface area contributed by atoms with Crippen LogP contribution in [0, 0.1) is 0 Å². The minimum Gasteiger partial charge on any atom is -0.306 e. The van der Waals surface area contributed by atoms with Crippen molar-refractivity contribution >= 4 is 14.7 Å². The van der Waals surface area contributed by atoms with E-state index in [1.54, 1.807) is 0 Å². The maximum atomic E-state index is 7.87. The van der Waals surface area contributed by atoms with Crippen LogP contribution >= 0.6 is 7.14 Å². The van der Waals surface area contributed by atoms with Crippen molar-refractivity contribution in [2.24, 2.45) is 0 Å². The highest BCUT2D eigenvalue weighted by Crippen LogP contribution is 2.71. The van der Waals surface area contributed by atoms with E-state index in [1.165, 1.54) is 22.3 Å². The van der Waals surface area contributed by atoms with E-state index in [1.807, 2.05) is 0 Å². The third-order valence-corrected chi connectivity index (χ3v) is 13.0. The quantitative estimate of drug-likeness (QED) is 0.149. The summed E-state index contributed by atoms with van der Waals surface area (Å²) in [5, 5.41) is 0. The predicted molar refractivity (Wildman–Crippen MR) is 166 cm³/mol. The summed E-state index contributed by atoms with van der Waals surface area (Å²) in [4.78, 5) is 0. The number of hydrogen-bond donors (Lipinski definition) is 0. The molecule has 0 nitrogen and oxygen atoms in total. The van der Waals surface area contributed by atoms with Gasteiger partial charge in [-0.1, -0.05) is 149 Å². The molecule has 0 bridgehead atoms. The minimum absolute atomic E-state index is 0.333. The summed E-state index contributed by atoms with van der Waals surface area (Å²) < 4.78 is 0. The Morgan fingerprint density at radius 3 is 0.784 bits per heavy atom. The summed E-state index contributed by atoms with van der Waals surface area (Å²) >= 11 is 0. The van der Waals surface area contributed by atoms with Gasteiger partial charge in [0, 0.05) is 41.7 Å². The van der Waals surface area contributed by atoms with Gasteiger partial charge in [0.2, 0.25) is 0 Å². The molecule has 37 heavy (non-hydrogen) atoms. The molecular formula is C35H41BP. The average molecular weight is 503 g/mol. The fraction of sp³-hybridized carbons (Fsp3) is 0.314. The van der Waals surface area contributed by atoms with Crippen molar-refractivity contribution in [1.82, 2.24) is 0 Å². The molecule has 0 saturated carbocycles. The van der Waals surface area contributed by atoms with Crippen LogP contribution in [0.1, 0.15) is 73.6 Å². The molecule has 4 aromatic carbocycles. The highest BCUT2D eigenvalue weighted by atomic mass is 31.2. The van der Waals surface area contributed by atoms with E-state index >= 15 is 0 Å². The number of hydrogen-bond acceptors (Lipinski definition) is 0. The fourth-order valence-electron chi connectivity index (χ4n) is 6.81. The van der Waals surface area contributed by atoms with Crippen molar-refractivity contribution in [2.45, 2.75) is 62.7 Å². The Labute approximate surface area is 227 Å². The Morgan fingerprint density at radius 2 is 0.595 bits per heavy atom. The zero-order valence-electron chi connectivity index (χ0n) is 23.0. The summed E-state index contributed by atoms with van der Waals surface area (Å²) in [6.07, 6.45) is 0. The van der Waals surface area contributed by atoms with Gasteiger partial charge < -0.3 is 7.57 Å². The average Bonchev–Trinajstić information content (AvgIpc) is 2.94. The Hall–Kier alpha value is -2.63. The van der Waals surface area contributed by atoms with E-state index in [-0.39, 0.29) is 0 Å². The molecule has 2 heteroatoms. The first-order chi connectivity index (χ1) is 17.8. The summed E-state index contributed by atoms with van der Waals surface area (Å²) in [5.74, 6) is 1.36. The first kappa shape index (κ1) is 27.4. The Kier molecular flexibility index (Phi) is 9.10. The molecule has 0 aliphatic heterocycles. The highest BCUT2D eigenvalue weighted by Gasteiger charge is 2.45. The smallest absolute Gasteiger partial charge is 0.0354 e. The third-order valence-electron chi connectivity index (χ3n) is 8.64. The van der Waals surface area contributed by atoms with Crippen LogP contribution in [0.3, 0.4) is 0 Å². The molecule has 0 N–H and O–H groups in total. The summed E-state index contributed by atoms with van der Waals surface area (Å²) in [5.41, 5.74) is 6.19. The van der Waals surface area contributed by atoms with Crippen molar-refractivity contribution in [3.05, 3.63) is 144 Å². The molecule has 0 aromatic heterocycles. The lowest BCUT2D eigenvalue weighted by atomic mass is 9.85. The van der Waals surface area contributed by atoms with Crippen molar-refractivity contribution in [2.75, 3.05) is 6.66 Å². The van der Waals surface area contributed by atoms with E-state index in [9.17, 15) is 0 Å². The zero-order valence-corrected chi connectivity index (χ0v) is 23.9. The van der Waals surface area contributed by atoms with Crippen LogP contribution in [0.5, 0.6) is 0 Å². The normalized spacial score (nSPS) is 15.4. The van der Waals surface area contributed by atoms with E-state index < -0.39 is 7.14 Å². The molecule has 0 aliphatic rings. The Morgan fingerprint density at radius 1 is 0.405 bits per heavy atom. The minimum atomic E-state index is -2.05. The van der Waals surface area contributed by atoms with Gasteiger partial charge in [0.05, 0.1) is 0 Å². The molecule has 0 saturated heterocycles. The van der Waals surface area contributed by atoms with Gasteiger partial charge in [0.15, 0.2) is 0 Å². The molecule has 0 fully saturated rings. The monoisotopic (exact) mass is 503 g/mol. The molecular weight excluding hydrogens is 462 g/mol. The van der Waals surface area contributed by atoms with Gasteiger partial charge in [-0.25, -0.2) is 7.14 Å². The predicted octanol–water partition coefficient (Wildman–Crippen LogP) is 9.67. The van der Waals surface area contributed by atoms with Crippen LogP contribution in [-0.2, 0) is 0 Å². The van der Waals surface area contributed by atoms with Crippen LogP contribution in [0.15, 0.2) is 121 Å². The maximum absolute atomic E-state index is 7.87. The molecule has 4 aromatic rings. The van der Waals surface area contributed by atoms with Gasteiger partial charge in [0.1, 0.15) is 0 Å². The van der Waals surface area contributed by atoms with Crippen LogP contribution < -0.4 is 0 Å². The molecule has 3 radical (unpaired) electrons. The van der Waals surface area contributed by atoms with Crippen molar-refractivity contribution < 1.29 is 0 Å². The Balaban J connectivity index is 1.86. The Bertz CT molecular complexity index is 1020. The molecule has 4 rings (SSSR count). The van der Waals surface area contributed by atoms with Gasteiger partial charge >= 0.3 is 0 Å². The van der Waals surface area contributed by atoms with Gasteiger partial charge in [-0.15, -0.1) is 0 Å². The van der Waals surface area contributed by atoms with E-state index in [4.69, 9.17) is 7.57 Å². The summed E-state index contributed by atoms with van der Waals surface area (Å²) in [6.45, 7) is 12.1. The fourth-order valence-corrected chi connectivity index (χ4v) is 11.7. The van der Waals surface area contributed by atoms with E-state index in [0.29, 0.717) is 35.0 Å². The molecule has 0 unspecified atom stereocenters. The third kappa shape index (κ3) is 6.10. The van der Waals surface area contributed by atoms with Crippen LogP contribution in [0.25, 0.3) is 0 Å². The topological polar surface area (TPSA) is 0 Å². The number of rotatable bonds is 10. The van der Waals surface area contributed by atoms with Crippen molar-refractivity contribution in [1.29, 1.82) is 0 Å². The van der Waals surface area contributed by atoms with E-state index in [2.05, 4.69) is 156 Å². The second kappa shape index (κ2) is 12.3.